The van der Waals surface area contributed by atoms with Crippen LogP contribution in [0.25, 0.3) is 0 Å². The van der Waals surface area contributed by atoms with Gasteiger partial charge < -0.3 is 9.84 Å². The molecular formula is C14H22O2S. The summed E-state index contributed by atoms with van der Waals surface area (Å²) in [5, 5.41) is 9.38. The molecule has 0 radical (unpaired) electrons. The molecule has 0 saturated carbocycles. The predicted molar refractivity (Wildman–Crippen MR) is 73.5 cm³/mol. The molecule has 0 aliphatic carbocycles. The van der Waals surface area contributed by atoms with Gasteiger partial charge in [-0.1, -0.05) is 25.5 Å². The predicted octanol–water partition coefficient (Wildman–Crippen LogP) is 3.65. The van der Waals surface area contributed by atoms with Gasteiger partial charge in [0.05, 0.1) is 12.7 Å². The minimum Gasteiger partial charge on any atom is -0.389 e. The fraction of sp³-hybridized carbons (Fsp3) is 0.571. The first kappa shape index (κ1) is 14.6. The second kappa shape index (κ2) is 8.56. The molecule has 0 saturated heterocycles. The fourth-order valence-electron chi connectivity index (χ4n) is 1.41. The van der Waals surface area contributed by atoms with Gasteiger partial charge >= 0.3 is 0 Å². The van der Waals surface area contributed by atoms with Gasteiger partial charge in [0.2, 0.25) is 0 Å². The molecule has 1 aromatic rings. The molecule has 0 bridgehead atoms. The molecule has 0 fully saturated rings. The lowest BCUT2D eigenvalue weighted by atomic mass is 10.1. The number of aliphatic hydroxyl groups excluding tert-OH is 1. The maximum atomic E-state index is 9.38. The molecule has 17 heavy (non-hydrogen) atoms. The Labute approximate surface area is 108 Å². The van der Waals surface area contributed by atoms with Crippen molar-refractivity contribution in [1.29, 1.82) is 0 Å². The number of aliphatic hydroxyl groups is 1. The van der Waals surface area contributed by atoms with E-state index in [1.807, 2.05) is 12.1 Å². The van der Waals surface area contributed by atoms with E-state index in [2.05, 4.69) is 19.1 Å². The molecule has 3 heteroatoms. The molecule has 1 aromatic carbocycles. The van der Waals surface area contributed by atoms with E-state index in [0.29, 0.717) is 0 Å². The Morgan fingerprint density at radius 1 is 1.24 bits per heavy atom. The summed E-state index contributed by atoms with van der Waals surface area (Å²) in [6.45, 7) is 5.63. The lowest BCUT2D eigenvalue weighted by Crippen LogP contribution is -1.98. The number of hydrogen-bond acceptors (Lipinski definition) is 3. The minimum atomic E-state index is -0.383. The van der Waals surface area contributed by atoms with Gasteiger partial charge in [0.15, 0.2) is 0 Å². The minimum absolute atomic E-state index is 0.383. The highest BCUT2D eigenvalue weighted by atomic mass is 32.2. The van der Waals surface area contributed by atoms with Crippen LogP contribution < -0.4 is 0 Å². The Morgan fingerprint density at radius 2 is 1.94 bits per heavy atom. The van der Waals surface area contributed by atoms with Gasteiger partial charge in [-0.2, -0.15) is 0 Å². The Bertz CT molecular complexity index is 296. The molecule has 0 amide bonds. The van der Waals surface area contributed by atoms with Crippen LogP contribution in [0.3, 0.4) is 0 Å². The van der Waals surface area contributed by atoms with E-state index in [4.69, 9.17) is 4.74 Å². The Morgan fingerprint density at radius 3 is 2.53 bits per heavy atom. The maximum Gasteiger partial charge on any atom is 0.0761 e. The molecule has 1 atom stereocenters. The van der Waals surface area contributed by atoms with Crippen LogP contribution in [0.1, 0.15) is 38.4 Å². The smallest absolute Gasteiger partial charge is 0.0761 e. The highest BCUT2D eigenvalue weighted by molar-refractivity contribution is 7.99. The Balaban J connectivity index is 2.19. The molecule has 0 spiro atoms. The summed E-state index contributed by atoms with van der Waals surface area (Å²) in [4.78, 5) is 1.23. The summed E-state index contributed by atoms with van der Waals surface area (Å²) in [6.07, 6.45) is 1.95. The number of thioether (sulfide) groups is 1. The van der Waals surface area contributed by atoms with Crippen LogP contribution in [-0.2, 0) is 4.74 Å². The van der Waals surface area contributed by atoms with E-state index < -0.39 is 0 Å². The first-order valence-electron chi connectivity index (χ1n) is 6.22. The third kappa shape index (κ3) is 6.10. The molecule has 0 aliphatic rings. The van der Waals surface area contributed by atoms with E-state index in [1.165, 1.54) is 11.3 Å². The molecule has 1 N–H and O–H groups in total. The monoisotopic (exact) mass is 254 g/mol. The summed E-state index contributed by atoms with van der Waals surface area (Å²) in [6, 6.07) is 8.06. The zero-order chi connectivity index (χ0) is 12.5. The first-order valence-corrected chi connectivity index (χ1v) is 7.21. The summed E-state index contributed by atoms with van der Waals surface area (Å²) >= 11 is 1.79. The Kier molecular flexibility index (Phi) is 7.33. The van der Waals surface area contributed by atoms with Crippen LogP contribution in [0, 0.1) is 0 Å². The van der Waals surface area contributed by atoms with E-state index in [9.17, 15) is 5.11 Å². The summed E-state index contributed by atoms with van der Waals surface area (Å²) in [7, 11) is 0. The van der Waals surface area contributed by atoms with E-state index in [1.54, 1.807) is 18.7 Å². The van der Waals surface area contributed by atoms with Crippen LogP contribution in [-0.4, -0.2) is 24.1 Å². The van der Waals surface area contributed by atoms with Crippen molar-refractivity contribution in [3.05, 3.63) is 29.8 Å². The van der Waals surface area contributed by atoms with Gasteiger partial charge in [-0.3, -0.25) is 0 Å². The van der Waals surface area contributed by atoms with E-state index in [-0.39, 0.29) is 6.10 Å². The summed E-state index contributed by atoms with van der Waals surface area (Å²) in [5.41, 5.74) is 0.966. The van der Waals surface area contributed by atoms with Gasteiger partial charge in [0.1, 0.15) is 0 Å². The molecule has 0 aromatic heterocycles. The lowest BCUT2D eigenvalue weighted by Gasteiger charge is -2.06. The Hall–Kier alpha value is -0.510. The van der Waals surface area contributed by atoms with Crippen LogP contribution in [0.15, 0.2) is 29.2 Å². The van der Waals surface area contributed by atoms with Gasteiger partial charge in [-0.05, 0) is 31.0 Å². The third-order valence-electron chi connectivity index (χ3n) is 2.50. The third-order valence-corrected chi connectivity index (χ3v) is 3.48. The standard InChI is InChI=1S/C14H22O2S/c1-3-4-9-16-10-11-17-14-7-5-13(6-8-14)12(2)15/h5-8,12,15H,3-4,9-11H2,1-2H3. The SMILES string of the molecule is CCCCOCCSc1ccc(C(C)O)cc1. The molecule has 0 aliphatic heterocycles. The topological polar surface area (TPSA) is 29.5 Å². The van der Waals surface area contributed by atoms with Crippen molar-refractivity contribution in [2.24, 2.45) is 0 Å². The van der Waals surface area contributed by atoms with E-state index in [0.717, 1.165) is 31.0 Å². The average Bonchev–Trinajstić information content (AvgIpc) is 2.34. The maximum absolute atomic E-state index is 9.38. The van der Waals surface area contributed by atoms with Crippen LogP contribution in [0.5, 0.6) is 0 Å². The molecule has 1 unspecified atom stereocenters. The highest BCUT2D eigenvalue weighted by Crippen LogP contribution is 2.20. The van der Waals surface area contributed by atoms with Crippen LogP contribution in [0.2, 0.25) is 0 Å². The second-order valence-corrected chi connectivity index (χ2v) is 5.23. The van der Waals surface area contributed by atoms with Crippen molar-refractivity contribution in [2.45, 2.75) is 37.7 Å². The van der Waals surface area contributed by atoms with Crippen molar-refractivity contribution in [1.82, 2.24) is 0 Å². The van der Waals surface area contributed by atoms with Gasteiger partial charge in [0.25, 0.3) is 0 Å². The highest BCUT2D eigenvalue weighted by Gasteiger charge is 2.00. The van der Waals surface area contributed by atoms with Crippen molar-refractivity contribution in [3.8, 4) is 0 Å². The molecule has 1 rings (SSSR count). The molecular weight excluding hydrogens is 232 g/mol. The van der Waals surface area contributed by atoms with Gasteiger partial charge in [0, 0.05) is 17.3 Å². The van der Waals surface area contributed by atoms with Crippen molar-refractivity contribution in [2.75, 3.05) is 19.0 Å². The van der Waals surface area contributed by atoms with Crippen LogP contribution >= 0.6 is 11.8 Å². The fourth-order valence-corrected chi connectivity index (χ4v) is 2.17. The average molecular weight is 254 g/mol. The number of unbranched alkanes of at least 4 members (excludes halogenated alkanes) is 1. The van der Waals surface area contributed by atoms with Crippen molar-refractivity contribution >= 4 is 11.8 Å². The normalized spacial score (nSPS) is 12.6. The summed E-state index contributed by atoms with van der Waals surface area (Å²) < 4.78 is 5.50. The zero-order valence-electron chi connectivity index (χ0n) is 10.7. The molecule has 2 nitrogen and oxygen atoms in total. The number of rotatable bonds is 8. The van der Waals surface area contributed by atoms with Crippen molar-refractivity contribution in [3.63, 3.8) is 0 Å². The lowest BCUT2D eigenvalue weighted by molar-refractivity contribution is 0.147. The number of hydrogen-bond donors (Lipinski definition) is 1. The van der Waals surface area contributed by atoms with Crippen molar-refractivity contribution < 1.29 is 9.84 Å². The second-order valence-electron chi connectivity index (χ2n) is 4.06. The quantitative estimate of drug-likeness (QED) is 0.567. The van der Waals surface area contributed by atoms with Crippen LogP contribution in [0.4, 0.5) is 0 Å². The van der Waals surface area contributed by atoms with Gasteiger partial charge in [-0.15, -0.1) is 11.8 Å². The van der Waals surface area contributed by atoms with Gasteiger partial charge in [-0.25, -0.2) is 0 Å². The molecule has 0 heterocycles. The summed E-state index contributed by atoms with van der Waals surface area (Å²) in [5.74, 6) is 0.984. The largest absolute Gasteiger partial charge is 0.389 e. The first-order chi connectivity index (χ1) is 8.24. The van der Waals surface area contributed by atoms with E-state index >= 15 is 0 Å². The number of ether oxygens (including phenoxy) is 1. The molecule has 96 valence electrons. The zero-order valence-corrected chi connectivity index (χ0v) is 11.5. The number of benzene rings is 1.